The molecule has 1 aromatic heterocycles. The molecule has 2 aliphatic carbocycles. The van der Waals surface area contributed by atoms with Gasteiger partial charge in [-0.15, -0.1) is 0 Å². The van der Waals surface area contributed by atoms with Gasteiger partial charge in [0, 0.05) is 17.5 Å². The SMILES string of the molecule is COc1ccc(C(=O)NCC(=O)N(Cc2ccc(C3CC3C)o2)C2CC2)cc1OC. The lowest BCUT2D eigenvalue weighted by Gasteiger charge is -2.21. The van der Waals surface area contributed by atoms with Crippen molar-refractivity contribution in [3.8, 4) is 11.5 Å². The molecule has 1 aromatic carbocycles. The van der Waals surface area contributed by atoms with Crippen LogP contribution >= 0.6 is 0 Å². The molecule has 0 saturated heterocycles. The number of nitrogens with one attached hydrogen (secondary N) is 1. The first-order valence-corrected chi connectivity index (χ1v) is 10.4. The third-order valence-corrected chi connectivity index (χ3v) is 5.84. The molecule has 2 fully saturated rings. The summed E-state index contributed by atoms with van der Waals surface area (Å²) < 4.78 is 16.4. The maximum absolute atomic E-state index is 12.8. The molecule has 0 radical (unpaired) electrons. The topological polar surface area (TPSA) is 81.0 Å². The number of benzene rings is 1. The summed E-state index contributed by atoms with van der Waals surface area (Å²) in [6.45, 7) is 2.60. The molecular formula is C23H28N2O5. The van der Waals surface area contributed by atoms with E-state index >= 15 is 0 Å². The van der Waals surface area contributed by atoms with Crippen LogP contribution in [0.2, 0.25) is 0 Å². The first kappa shape index (κ1) is 20.3. The van der Waals surface area contributed by atoms with Gasteiger partial charge < -0.3 is 24.1 Å². The zero-order valence-electron chi connectivity index (χ0n) is 17.6. The standard InChI is InChI=1S/C23H28N2O5/c1-14-10-18(14)19-9-7-17(30-19)13-25(16-5-6-16)22(26)12-24-23(27)15-4-8-20(28-2)21(11-15)29-3/h4,7-9,11,14,16,18H,5-6,10,12-13H2,1-3H3,(H,24,27). The number of carbonyl (C=O) groups excluding carboxylic acids is 2. The second-order valence-corrected chi connectivity index (χ2v) is 8.13. The second kappa shape index (κ2) is 8.42. The summed E-state index contributed by atoms with van der Waals surface area (Å²) in [7, 11) is 3.05. The van der Waals surface area contributed by atoms with Crippen molar-refractivity contribution in [2.45, 2.75) is 44.7 Å². The van der Waals surface area contributed by atoms with Crippen molar-refractivity contribution < 1.29 is 23.5 Å². The Kier molecular flexibility index (Phi) is 5.70. The summed E-state index contributed by atoms with van der Waals surface area (Å²) in [5, 5.41) is 2.72. The fourth-order valence-electron chi connectivity index (χ4n) is 3.71. The lowest BCUT2D eigenvalue weighted by molar-refractivity contribution is -0.131. The van der Waals surface area contributed by atoms with E-state index in [2.05, 4.69) is 12.2 Å². The number of hydrogen-bond acceptors (Lipinski definition) is 5. The van der Waals surface area contributed by atoms with Gasteiger partial charge in [-0.1, -0.05) is 6.92 Å². The predicted molar refractivity (Wildman–Crippen MR) is 111 cm³/mol. The van der Waals surface area contributed by atoms with E-state index in [0.717, 1.165) is 24.4 Å². The Morgan fingerprint density at radius 1 is 1.13 bits per heavy atom. The summed E-state index contributed by atoms with van der Waals surface area (Å²) in [6.07, 6.45) is 3.14. The molecule has 1 N–H and O–H groups in total. The molecule has 2 atom stereocenters. The predicted octanol–water partition coefficient (Wildman–Crippen LogP) is 3.34. The normalized spacial score (nSPS) is 19.8. The van der Waals surface area contributed by atoms with E-state index in [4.69, 9.17) is 13.9 Å². The highest BCUT2D eigenvalue weighted by Crippen LogP contribution is 2.47. The number of rotatable bonds is 9. The van der Waals surface area contributed by atoms with Crippen molar-refractivity contribution in [1.82, 2.24) is 10.2 Å². The Balaban J connectivity index is 1.35. The quantitative estimate of drug-likeness (QED) is 0.683. The molecule has 160 valence electrons. The van der Waals surface area contributed by atoms with E-state index in [1.54, 1.807) is 18.2 Å². The van der Waals surface area contributed by atoms with Crippen LogP contribution in [0, 0.1) is 5.92 Å². The van der Waals surface area contributed by atoms with Gasteiger partial charge in [0.05, 0.1) is 27.3 Å². The molecule has 2 aliphatic rings. The average molecular weight is 412 g/mol. The van der Waals surface area contributed by atoms with Gasteiger partial charge in [0.1, 0.15) is 11.5 Å². The first-order chi connectivity index (χ1) is 14.5. The molecule has 2 saturated carbocycles. The van der Waals surface area contributed by atoms with Crippen LogP contribution in [0.3, 0.4) is 0 Å². The van der Waals surface area contributed by atoms with Gasteiger partial charge >= 0.3 is 0 Å². The maximum atomic E-state index is 12.8. The summed E-state index contributed by atoms with van der Waals surface area (Å²) in [6, 6.07) is 9.12. The molecule has 2 aromatic rings. The number of amides is 2. The Hall–Kier alpha value is -2.96. The molecule has 0 aliphatic heterocycles. The van der Waals surface area contributed by atoms with Gasteiger partial charge in [-0.05, 0) is 55.5 Å². The zero-order chi connectivity index (χ0) is 21.3. The van der Waals surface area contributed by atoms with E-state index in [1.165, 1.54) is 20.6 Å². The zero-order valence-corrected chi connectivity index (χ0v) is 17.6. The van der Waals surface area contributed by atoms with E-state index in [1.807, 2.05) is 17.0 Å². The lowest BCUT2D eigenvalue weighted by Crippen LogP contribution is -2.41. The van der Waals surface area contributed by atoms with E-state index < -0.39 is 0 Å². The van der Waals surface area contributed by atoms with Crippen LogP contribution in [0.25, 0.3) is 0 Å². The minimum absolute atomic E-state index is 0.0586. The van der Waals surface area contributed by atoms with E-state index in [-0.39, 0.29) is 24.4 Å². The highest BCUT2D eigenvalue weighted by molar-refractivity contribution is 5.97. The van der Waals surface area contributed by atoms with Crippen LogP contribution in [0.15, 0.2) is 34.7 Å². The van der Waals surface area contributed by atoms with Crippen molar-refractivity contribution in [1.29, 1.82) is 0 Å². The number of ether oxygens (including phenoxy) is 2. The molecule has 1 heterocycles. The van der Waals surface area contributed by atoms with Gasteiger partial charge in [-0.2, -0.15) is 0 Å². The monoisotopic (exact) mass is 412 g/mol. The smallest absolute Gasteiger partial charge is 0.251 e. The van der Waals surface area contributed by atoms with Crippen LogP contribution in [-0.2, 0) is 11.3 Å². The van der Waals surface area contributed by atoms with E-state index in [0.29, 0.717) is 35.4 Å². The van der Waals surface area contributed by atoms with Crippen LogP contribution in [0.1, 0.15) is 54.0 Å². The minimum atomic E-state index is -0.331. The highest BCUT2D eigenvalue weighted by atomic mass is 16.5. The van der Waals surface area contributed by atoms with Crippen LogP contribution in [0.5, 0.6) is 11.5 Å². The largest absolute Gasteiger partial charge is 0.493 e. The van der Waals surface area contributed by atoms with Gasteiger partial charge in [0.2, 0.25) is 5.91 Å². The number of nitrogens with zero attached hydrogens (tertiary/aromatic N) is 1. The Labute approximate surface area is 176 Å². The fraction of sp³-hybridized carbons (Fsp3) is 0.478. The first-order valence-electron chi connectivity index (χ1n) is 10.4. The molecule has 2 unspecified atom stereocenters. The number of furan rings is 1. The number of hydrogen-bond donors (Lipinski definition) is 1. The Bertz CT molecular complexity index is 933. The summed E-state index contributed by atoms with van der Waals surface area (Å²) in [5.74, 6) is 3.59. The molecular weight excluding hydrogens is 384 g/mol. The van der Waals surface area contributed by atoms with Crippen LogP contribution in [-0.4, -0.2) is 43.5 Å². The van der Waals surface area contributed by atoms with Gasteiger partial charge in [0.15, 0.2) is 11.5 Å². The molecule has 4 rings (SSSR count). The number of methoxy groups -OCH3 is 2. The summed E-state index contributed by atoms with van der Waals surface area (Å²) in [4.78, 5) is 27.1. The van der Waals surface area contributed by atoms with Crippen molar-refractivity contribution >= 4 is 11.8 Å². The Morgan fingerprint density at radius 3 is 2.50 bits per heavy atom. The lowest BCUT2D eigenvalue weighted by atomic mass is 10.2. The van der Waals surface area contributed by atoms with Gasteiger partial charge in [0.25, 0.3) is 5.91 Å². The third kappa shape index (κ3) is 4.45. The summed E-state index contributed by atoms with van der Waals surface area (Å²) in [5.41, 5.74) is 0.410. The molecule has 30 heavy (non-hydrogen) atoms. The minimum Gasteiger partial charge on any atom is -0.493 e. The molecule has 7 heteroatoms. The second-order valence-electron chi connectivity index (χ2n) is 8.13. The fourth-order valence-corrected chi connectivity index (χ4v) is 3.71. The number of carbonyl (C=O) groups is 2. The molecule has 2 amide bonds. The van der Waals surface area contributed by atoms with Gasteiger partial charge in [-0.3, -0.25) is 9.59 Å². The van der Waals surface area contributed by atoms with E-state index in [9.17, 15) is 9.59 Å². The van der Waals surface area contributed by atoms with Crippen molar-refractivity contribution in [3.63, 3.8) is 0 Å². The third-order valence-electron chi connectivity index (χ3n) is 5.84. The van der Waals surface area contributed by atoms with Crippen molar-refractivity contribution in [2.24, 2.45) is 5.92 Å². The maximum Gasteiger partial charge on any atom is 0.251 e. The Morgan fingerprint density at radius 2 is 1.87 bits per heavy atom. The van der Waals surface area contributed by atoms with Crippen molar-refractivity contribution in [3.05, 3.63) is 47.4 Å². The molecule has 7 nitrogen and oxygen atoms in total. The molecule has 0 spiro atoms. The highest BCUT2D eigenvalue weighted by Gasteiger charge is 2.37. The summed E-state index contributed by atoms with van der Waals surface area (Å²) >= 11 is 0. The van der Waals surface area contributed by atoms with Crippen LogP contribution in [0.4, 0.5) is 0 Å². The van der Waals surface area contributed by atoms with Crippen molar-refractivity contribution in [2.75, 3.05) is 20.8 Å². The van der Waals surface area contributed by atoms with Crippen LogP contribution < -0.4 is 14.8 Å². The average Bonchev–Trinajstić information content (AvgIpc) is 3.68. The molecule has 0 bridgehead atoms. The van der Waals surface area contributed by atoms with Gasteiger partial charge in [-0.25, -0.2) is 0 Å².